The van der Waals surface area contributed by atoms with Crippen LogP contribution in [0.1, 0.15) is 41.5 Å². The van der Waals surface area contributed by atoms with Crippen LogP contribution in [-0.2, 0) is 9.59 Å². The van der Waals surface area contributed by atoms with E-state index in [9.17, 15) is 9.59 Å². The summed E-state index contributed by atoms with van der Waals surface area (Å²) in [5.74, 6) is 0.947. The molecule has 8 heteroatoms. The van der Waals surface area contributed by atoms with E-state index in [0.29, 0.717) is 5.69 Å². The van der Waals surface area contributed by atoms with Gasteiger partial charge in [0.2, 0.25) is 5.91 Å². The molecule has 178 valence electrons. The van der Waals surface area contributed by atoms with Gasteiger partial charge in [-0.3, -0.25) is 9.59 Å². The number of aromatic amines is 1. The van der Waals surface area contributed by atoms with Gasteiger partial charge in [-0.05, 0) is 51.3 Å². The van der Waals surface area contributed by atoms with Crippen molar-refractivity contribution in [1.82, 2.24) is 19.9 Å². The number of allylic oxidation sites excluding steroid dienone is 1. The predicted octanol–water partition coefficient (Wildman–Crippen LogP) is 4.37. The molecule has 0 radical (unpaired) electrons. The Hall–Kier alpha value is -3.68. The van der Waals surface area contributed by atoms with E-state index in [1.807, 2.05) is 41.4 Å². The summed E-state index contributed by atoms with van der Waals surface area (Å²) >= 11 is 0. The molecule has 0 saturated carbocycles. The maximum atomic E-state index is 12.5. The largest absolute Gasteiger partial charge is 0.352 e. The van der Waals surface area contributed by atoms with E-state index in [-0.39, 0.29) is 25.3 Å². The van der Waals surface area contributed by atoms with Crippen molar-refractivity contribution in [1.29, 1.82) is 0 Å². The van der Waals surface area contributed by atoms with Gasteiger partial charge in [0.1, 0.15) is 11.5 Å². The number of hydrogen-bond acceptors (Lipinski definition) is 5. The summed E-state index contributed by atoms with van der Waals surface area (Å²) < 4.78 is 0. The lowest BCUT2D eigenvalue weighted by Crippen LogP contribution is -2.58. The number of carbonyl (C=O) groups is 2. The molecule has 4 heterocycles. The molecule has 1 saturated heterocycles. The van der Waals surface area contributed by atoms with Crippen LogP contribution in [-0.4, -0.2) is 56.8 Å². The first kappa shape index (κ1) is 22.1. The minimum Gasteiger partial charge on any atom is -0.352 e. The van der Waals surface area contributed by atoms with Gasteiger partial charge in [0.25, 0.3) is 5.91 Å². The van der Waals surface area contributed by atoms with Crippen molar-refractivity contribution < 1.29 is 11.0 Å². The smallest absolute Gasteiger partial charge is 0.251 e. The van der Waals surface area contributed by atoms with Crippen LogP contribution in [0.5, 0.6) is 0 Å². The topological polar surface area (TPSA) is 94.2 Å². The van der Waals surface area contributed by atoms with Crippen molar-refractivity contribution in [2.45, 2.75) is 52.1 Å². The fourth-order valence-electron chi connectivity index (χ4n) is 5.25. The molecule has 0 unspecified atom stereocenters. The second-order valence-electron chi connectivity index (χ2n) is 9.31. The number of aromatic nitrogens is 3. The van der Waals surface area contributed by atoms with E-state index in [1.165, 1.54) is 0 Å². The van der Waals surface area contributed by atoms with Crippen molar-refractivity contribution in [3.8, 4) is 11.3 Å². The molecule has 1 fully saturated rings. The summed E-state index contributed by atoms with van der Waals surface area (Å²) in [6.07, 6.45) is 8.42. The number of rotatable bonds is 4. The summed E-state index contributed by atoms with van der Waals surface area (Å²) in [6.45, 7) is 7.27. The average Bonchev–Trinajstić information content (AvgIpc) is 3.48. The van der Waals surface area contributed by atoms with Crippen molar-refractivity contribution in [2.75, 3.05) is 23.3 Å². The summed E-state index contributed by atoms with van der Waals surface area (Å²) in [5.41, 5.74) is 4.03. The molecule has 2 aliphatic rings. The van der Waals surface area contributed by atoms with Crippen molar-refractivity contribution >= 4 is 34.4 Å². The molecule has 0 bridgehead atoms. The molecule has 1 aliphatic heterocycles. The van der Waals surface area contributed by atoms with Crippen molar-refractivity contribution in [2.24, 2.45) is 0 Å². The standard InChI is InChI=1S/C26H30N6O2.H2/c1-16-14-31(15-17(2)32(16)18(3)33)24-10-6-9-23(30-24)22-13-28-25-21(22)11-20(12-27-25)29-26(34)19-7-4-5-8-19;/h6-7,9-13,16-17H,4-5,8,14-15H2,1-3H3,(H,27,28)(H,29,34);1H/t16-,17+;. The molecular weight excluding hydrogens is 428 g/mol. The van der Waals surface area contributed by atoms with Gasteiger partial charge in [0.05, 0.1) is 17.6 Å². The Morgan fingerprint density at radius 1 is 1.21 bits per heavy atom. The lowest BCUT2D eigenvalue weighted by atomic mass is 10.1. The number of hydrogen-bond donors (Lipinski definition) is 2. The number of anilines is 2. The molecule has 34 heavy (non-hydrogen) atoms. The zero-order chi connectivity index (χ0) is 23.8. The third-order valence-corrected chi connectivity index (χ3v) is 6.74. The van der Waals surface area contributed by atoms with E-state index < -0.39 is 0 Å². The SMILES string of the molecule is CC(=O)N1[C@H](C)CN(c2cccc(-c3c[nH]c4ncc(NC(=O)C5=CCCC5)cc34)n2)C[C@@H]1C.[HH]. The van der Waals surface area contributed by atoms with Gasteiger partial charge in [-0.2, -0.15) is 0 Å². The molecule has 5 rings (SSSR count). The number of pyridine rings is 2. The number of nitrogens with one attached hydrogen (secondary N) is 2. The molecule has 2 atom stereocenters. The maximum Gasteiger partial charge on any atom is 0.251 e. The molecule has 1 aliphatic carbocycles. The zero-order valence-corrected chi connectivity index (χ0v) is 19.8. The van der Waals surface area contributed by atoms with E-state index in [2.05, 4.69) is 34.0 Å². The highest BCUT2D eigenvalue weighted by atomic mass is 16.2. The fourth-order valence-corrected chi connectivity index (χ4v) is 5.25. The van der Waals surface area contributed by atoms with Gasteiger partial charge in [-0.25, -0.2) is 9.97 Å². The Morgan fingerprint density at radius 3 is 2.71 bits per heavy atom. The van der Waals surface area contributed by atoms with E-state index in [4.69, 9.17) is 4.98 Å². The Morgan fingerprint density at radius 2 is 2.00 bits per heavy atom. The van der Waals surface area contributed by atoms with Crippen LogP contribution < -0.4 is 10.2 Å². The lowest BCUT2D eigenvalue weighted by molar-refractivity contribution is -0.133. The molecule has 2 amide bonds. The third-order valence-electron chi connectivity index (χ3n) is 6.74. The van der Waals surface area contributed by atoms with Crippen LogP contribution >= 0.6 is 0 Å². The van der Waals surface area contributed by atoms with Crippen molar-refractivity contribution in [3.05, 3.63) is 48.3 Å². The zero-order valence-electron chi connectivity index (χ0n) is 19.8. The third kappa shape index (κ3) is 4.16. The first-order valence-corrected chi connectivity index (χ1v) is 11.9. The van der Waals surface area contributed by atoms with Crippen molar-refractivity contribution in [3.63, 3.8) is 0 Å². The predicted molar refractivity (Wildman–Crippen MR) is 136 cm³/mol. The second-order valence-corrected chi connectivity index (χ2v) is 9.31. The van der Waals surface area contributed by atoms with Gasteiger partial charge in [-0.15, -0.1) is 0 Å². The minimum absolute atomic E-state index is 0. The first-order chi connectivity index (χ1) is 16.4. The van der Waals surface area contributed by atoms with E-state index in [0.717, 1.165) is 66.0 Å². The van der Waals surface area contributed by atoms with Gasteiger partial charge in [-0.1, -0.05) is 12.1 Å². The molecule has 0 aromatic carbocycles. The molecule has 0 spiro atoms. The van der Waals surface area contributed by atoms with Crippen LogP contribution in [0.4, 0.5) is 11.5 Å². The van der Waals surface area contributed by atoms with Crippen LogP contribution in [0, 0.1) is 0 Å². The monoisotopic (exact) mass is 460 g/mol. The summed E-state index contributed by atoms with van der Waals surface area (Å²) in [5, 5.41) is 3.89. The van der Waals surface area contributed by atoms with Crippen LogP contribution in [0.3, 0.4) is 0 Å². The molecular formula is C26H32N6O2. The highest BCUT2D eigenvalue weighted by Gasteiger charge is 2.31. The quantitative estimate of drug-likeness (QED) is 0.603. The Bertz CT molecular complexity index is 1270. The molecule has 3 aromatic heterocycles. The number of piperazine rings is 1. The Kier molecular flexibility index (Phi) is 5.81. The lowest BCUT2D eigenvalue weighted by Gasteiger charge is -2.44. The van der Waals surface area contributed by atoms with Crippen LogP contribution in [0.2, 0.25) is 0 Å². The second kappa shape index (κ2) is 8.93. The number of fused-ring (bicyclic) bond motifs is 1. The highest BCUT2D eigenvalue weighted by molar-refractivity contribution is 6.05. The fraction of sp³-hybridized carbons (Fsp3) is 0.385. The molecule has 2 N–H and O–H groups in total. The number of H-pyrrole nitrogens is 1. The van der Waals surface area contributed by atoms with Crippen LogP contribution in [0.25, 0.3) is 22.3 Å². The number of carbonyl (C=O) groups excluding carboxylic acids is 2. The minimum atomic E-state index is -0.0520. The summed E-state index contributed by atoms with van der Waals surface area (Å²) in [6, 6.07) is 8.19. The van der Waals surface area contributed by atoms with Crippen LogP contribution in [0.15, 0.2) is 48.3 Å². The number of nitrogens with zero attached hydrogens (tertiary/aromatic N) is 4. The summed E-state index contributed by atoms with van der Waals surface area (Å²) in [4.78, 5) is 41.4. The average molecular weight is 461 g/mol. The summed E-state index contributed by atoms with van der Waals surface area (Å²) in [7, 11) is 0. The van der Waals surface area contributed by atoms with Gasteiger partial charge in [0, 0.05) is 56.2 Å². The molecule has 3 aromatic rings. The molecule has 8 nitrogen and oxygen atoms in total. The van der Waals surface area contributed by atoms with Gasteiger partial charge >= 0.3 is 0 Å². The maximum absolute atomic E-state index is 12.5. The normalized spacial score (nSPS) is 20.5. The Labute approximate surface area is 200 Å². The first-order valence-electron chi connectivity index (χ1n) is 11.9. The van der Waals surface area contributed by atoms with Gasteiger partial charge in [0.15, 0.2) is 0 Å². The Balaban J connectivity index is 0.00000289. The van der Waals surface area contributed by atoms with Gasteiger partial charge < -0.3 is 20.1 Å². The van der Waals surface area contributed by atoms with E-state index in [1.54, 1.807) is 13.1 Å². The van der Waals surface area contributed by atoms with E-state index >= 15 is 0 Å². The number of amides is 2. The highest BCUT2D eigenvalue weighted by Crippen LogP contribution is 2.31.